The third-order valence-electron chi connectivity index (χ3n) is 2.32. The van der Waals surface area contributed by atoms with Crippen LogP contribution in [0, 0.1) is 0 Å². The van der Waals surface area contributed by atoms with E-state index >= 15 is 0 Å². The molecule has 0 aliphatic heterocycles. The van der Waals surface area contributed by atoms with Gasteiger partial charge in [0.1, 0.15) is 5.52 Å². The monoisotopic (exact) mass is 169 g/mol. The molecule has 3 aromatic heterocycles. The second kappa shape index (κ2) is 2.33. The van der Waals surface area contributed by atoms with E-state index < -0.39 is 0 Å². The van der Waals surface area contributed by atoms with Crippen molar-refractivity contribution < 1.29 is 4.40 Å². The molecule has 0 saturated carbocycles. The molecule has 13 heavy (non-hydrogen) atoms. The Morgan fingerprint density at radius 3 is 2.92 bits per heavy atom. The summed E-state index contributed by atoms with van der Waals surface area (Å²) in [5, 5.41) is 0. The Morgan fingerprint density at radius 2 is 1.92 bits per heavy atom. The smallest absolute Gasteiger partial charge is 0.234 e. The molecule has 0 bridgehead atoms. The van der Waals surface area contributed by atoms with Gasteiger partial charge in [0.2, 0.25) is 5.52 Å². The molecule has 0 saturated heterocycles. The van der Waals surface area contributed by atoms with Gasteiger partial charge in [0.05, 0.1) is 6.20 Å². The van der Waals surface area contributed by atoms with Crippen LogP contribution in [0.3, 0.4) is 0 Å². The lowest BCUT2D eigenvalue weighted by Gasteiger charge is -1.93. The Labute approximate surface area is 75.7 Å². The second-order valence-electron chi connectivity index (χ2n) is 3.09. The zero-order valence-electron chi connectivity index (χ0n) is 7.09. The topological polar surface area (TPSA) is 8.51 Å². The van der Waals surface area contributed by atoms with Crippen molar-refractivity contribution in [2.24, 2.45) is 0 Å². The SMILES string of the molecule is c1cc[n+]2ccn3cccc3c2c1. The van der Waals surface area contributed by atoms with Gasteiger partial charge in [-0.2, -0.15) is 4.40 Å². The number of rotatable bonds is 0. The summed E-state index contributed by atoms with van der Waals surface area (Å²) < 4.78 is 4.24. The van der Waals surface area contributed by atoms with Crippen LogP contribution in [0.2, 0.25) is 0 Å². The maximum atomic E-state index is 2.12. The van der Waals surface area contributed by atoms with Gasteiger partial charge in [0.15, 0.2) is 12.4 Å². The fourth-order valence-corrected chi connectivity index (χ4v) is 1.69. The fraction of sp³-hybridized carbons (Fsp3) is 0. The van der Waals surface area contributed by atoms with E-state index in [2.05, 4.69) is 57.9 Å². The lowest BCUT2D eigenvalue weighted by molar-refractivity contribution is -0.511. The molecule has 0 radical (unpaired) electrons. The maximum absolute atomic E-state index is 2.12. The third-order valence-corrected chi connectivity index (χ3v) is 2.32. The molecular weight excluding hydrogens is 160 g/mol. The first-order valence-corrected chi connectivity index (χ1v) is 4.31. The van der Waals surface area contributed by atoms with Crippen LogP contribution in [0.15, 0.2) is 55.1 Å². The molecule has 0 aliphatic rings. The zero-order chi connectivity index (χ0) is 8.67. The molecule has 3 heterocycles. The highest BCUT2D eigenvalue weighted by molar-refractivity contribution is 5.70. The molecule has 3 aromatic rings. The van der Waals surface area contributed by atoms with Gasteiger partial charge in [-0.1, -0.05) is 0 Å². The van der Waals surface area contributed by atoms with E-state index in [1.54, 1.807) is 0 Å². The number of hydrogen-bond acceptors (Lipinski definition) is 0. The summed E-state index contributed by atoms with van der Waals surface area (Å²) in [6, 6.07) is 10.4. The summed E-state index contributed by atoms with van der Waals surface area (Å²) in [5.74, 6) is 0. The third kappa shape index (κ3) is 0.855. The largest absolute Gasteiger partial charge is 0.312 e. The minimum Gasteiger partial charge on any atom is -0.312 e. The molecule has 0 atom stereocenters. The van der Waals surface area contributed by atoms with Crippen molar-refractivity contribution in [3.8, 4) is 0 Å². The second-order valence-corrected chi connectivity index (χ2v) is 3.09. The summed E-state index contributed by atoms with van der Waals surface area (Å²) in [7, 11) is 0. The van der Waals surface area contributed by atoms with Gasteiger partial charge < -0.3 is 4.40 Å². The van der Waals surface area contributed by atoms with Gasteiger partial charge in [-0.05, 0) is 18.2 Å². The van der Waals surface area contributed by atoms with E-state index in [0.717, 1.165) is 0 Å². The average molecular weight is 169 g/mol. The maximum Gasteiger partial charge on any atom is 0.234 e. The van der Waals surface area contributed by atoms with Crippen LogP contribution in [0.1, 0.15) is 0 Å². The van der Waals surface area contributed by atoms with Gasteiger partial charge in [0, 0.05) is 18.3 Å². The van der Waals surface area contributed by atoms with Crippen molar-refractivity contribution in [1.29, 1.82) is 0 Å². The molecule has 0 aliphatic carbocycles. The normalized spacial score (nSPS) is 11.1. The lowest BCUT2D eigenvalue weighted by atomic mass is 10.3. The molecule has 0 aromatic carbocycles. The van der Waals surface area contributed by atoms with Crippen molar-refractivity contribution in [1.82, 2.24) is 4.40 Å². The molecule has 3 rings (SSSR count). The van der Waals surface area contributed by atoms with Gasteiger partial charge in [-0.15, -0.1) is 0 Å². The van der Waals surface area contributed by atoms with E-state index in [-0.39, 0.29) is 0 Å². The Hall–Kier alpha value is -1.83. The molecule has 0 N–H and O–H groups in total. The average Bonchev–Trinajstić information content (AvgIpc) is 2.65. The highest BCUT2D eigenvalue weighted by atomic mass is 14.9. The van der Waals surface area contributed by atoms with Crippen molar-refractivity contribution in [3.63, 3.8) is 0 Å². The Balaban J connectivity index is 2.65. The van der Waals surface area contributed by atoms with Crippen molar-refractivity contribution in [2.75, 3.05) is 0 Å². The van der Waals surface area contributed by atoms with Crippen molar-refractivity contribution in [2.45, 2.75) is 0 Å². The molecule has 2 nitrogen and oxygen atoms in total. The summed E-state index contributed by atoms with van der Waals surface area (Å²) >= 11 is 0. The highest BCUT2D eigenvalue weighted by Gasteiger charge is 2.04. The summed E-state index contributed by atoms with van der Waals surface area (Å²) in [4.78, 5) is 0. The molecule has 0 fully saturated rings. The quantitative estimate of drug-likeness (QED) is 0.453. The first-order chi connectivity index (χ1) is 6.45. The molecule has 0 amide bonds. The predicted molar refractivity (Wildman–Crippen MR) is 50.6 cm³/mol. The van der Waals surface area contributed by atoms with Gasteiger partial charge >= 0.3 is 0 Å². The van der Waals surface area contributed by atoms with Gasteiger partial charge in [-0.25, -0.2) is 0 Å². The molecule has 0 spiro atoms. The standard InChI is InChI=1S/C11H9N2/c1-2-6-12-8-9-13-7-3-5-11(13)10(12)4-1/h1-9H/q+1. The minimum atomic E-state index is 1.23. The fourth-order valence-electron chi connectivity index (χ4n) is 1.69. The molecule has 0 unspecified atom stereocenters. The lowest BCUT2D eigenvalue weighted by Crippen LogP contribution is -2.20. The number of nitrogens with zero attached hydrogens (tertiary/aromatic N) is 2. The molecular formula is C11H9N2+. The number of pyridine rings is 1. The van der Waals surface area contributed by atoms with Crippen LogP contribution < -0.4 is 4.40 Å². The Morgan fingerprint density at radius 1 is 0.923 bits per heavy atom. The van der Waals surface area contributed by atoms with E-state index in [9.17, 15) is 0 Å². The first kappa shape index (κ1) is 6.66. The Kier molecular flexibility index (Phi) is 1.19. The van der Waals surface area contributed by atoms with Crippen LogP contribution in [0.5, 0.6) is 0 Å². The van der Waals surface area contributed by atoms with E-state index in [0.29, 0.717) is 0 Å². The number of fused-ring (bicyclic) bond motifs is 3. The minimum absolute atomic E-state index is 1.23. The van der Waals surface area contributed by atoms with Crippen molar-refractivity contribution >= 4 is 11.0 Å². The summed E-state index contributed by atoms with van der Waals surface area (Å²) in [5.41, 5.74) is 2.47. The van der Waals surface area contributed by atoms with Gasteiger partial charge in [0.25, 0.3) is 0 Å². The van der Waals surface area contributed by atoms with Gasteiger partial charge in [-0.3, -0.25) is 0 Å². The molecule has 2 heteroatoms. The predicted octanol–water partition coefficient (Wildman–Crippen LogP) is 1.68. The van der Waals surface area contributed by atoms with E-state index in [1.807, 2.05) is 6.07 Å². The zero-order valence-corrected chi connectivity index (χ0v) is 7.09. The van der Waals surface area contributed by atoms with Crippen LogP contribution in [-0.4, -0.2) is 4.40 Å². The van der Waals surface area contributed by atoms with Crippen LogP contribution in [0.25, 0.3) is 11.0 Å². The van der Waals surface area contributed by atoms with Crippen LogP contribution in [-0.2, 0) is 0 Å². The van der Waals surface area contributed by atoms with E-state index in [4.69, 9.17) is 0 Å². The Bertz CT molecular complexity index is 566. The summed E-state index contributed by atoms with van der Waals surface area (Å²) in [6.07, 6.45) is 8.23. The highest BCUT2D eigenvalue weighted by Crippen LogP contribution is 2.07. The number of hydrogen-bond donors (Lipinski definition) is 0. The van der Waals surface area contributed by atoms with Crippen LogP contribution in [0.4, 0.5) is 0 Å². The van der Waals surface area contributed by atoms with E-state index in [1.165, 1.54) is 11.0 Å². The first-order valence-electron chi connectivity index (χ1n) is 4.31. The molecule has 62 valence electrons. The number of aromatic nitrogens is 2. The van der Waals surface area contributed by atoms with Crippen molar-refractivity contribution in [3.05, 3.63) is 55.1 Å². The van der Waals surface area contributed by atoms with Crippen LogP contribution >= 0.6 is 0 Å². The summed E-state index contributed by atoms with van der Waals surface area (Å²) in [6.45, 7) is 0.